The van der Waals surface area contributed by atoms with Crippen LogP contribution in [0.3, 0.4) is 0 Å². The summed E-state index contributed by atoms with van der Waals surface area (Å²) in [6.07, 6.45) is 11.6. The lowest BCUT2D eigenvalue weighted by molar-refractivity contribution is -0.122. The van der Waals surface area contributed by atoms with Gasteiger partial charge in [0, 0.05) is 25.2 Å². The summed E-state index contributed by atoms with van der Waals surface area (Å²) in [6.45, 7) is 2.64. The highest BCUT2D eigenvalue weighted by atomic mass is 16.1. The van der Waals surface area contributed by atoms with Crippen molar-refractivity contribution in [3.05, 3.63) is 101 Å². The molecule has 0 radical (unpaired) electrons. The number of nitriles is 1. The first-order chi connectivity index (χ1) is 18.6. The Labute approximate surface area is 224 Å². The standard InChI is InChI=1S/C32H33N5O/c1-22-16-18-35-31(22)32-26(20-33)21-36-29(37-32)19-24-10-13-25(14-11-24)30(27-9-5-6-17-34-27)28(38)15-12-23-7-3-2-4-8-23/h2-9,16-17,21,24-25,30H,10-15,18-19H2,1H3. The number of benzene rings is 1. The Morgan fingerprint density at radius 1 is 1.05 bits per heavy atom. The lowest BCUT2D eigenvalue weighted by Crippen LogP contribution is -2.28. The molecule has 3 aromatic rings. The van der Waals surface area contributed by atoms with Gasteiger partial charge in [0.25, 0.3) is 0 Å². The molecule has 0 bridgehead atoms. The summed E-state index contributed by atoms with van der Waals surface area (Å²) in [7, 11) is 0. The molecule has 1 atom stereocenters. The lowest BCUT2D eigenvalue weighted by Gasteiger charge is -2.33. The highest BCUT2D eigenvalue weighted by molar-refractivity contribution is 6.13. The molecule has 0 spiro atoms. The first kappa shape index (κ1) is 25.7. The summed E-state index contributed by atoms with van der Waals surface area (Å²) in [4.78, 5) is 32.0. The number of ketones is 1. The minimum absolute atomic E-state index is 0.159. The van der Waals surface area contributed by atoms with Crippen LogP contribution < -0.4 is 0 Å². The van der Waals surface area contributed by atoms with Crippen molar-refractivity contribution in [1.29, 1.82) is 5.26 Å². The van der Waals surface area contributed by atoms with E-state index in [0.717, 1.165) is 61.3 Å². The second-order valence-electron chi connectivity index (χ2n) is 10.4. The molecule has 1 fully saturated rings. The number of aryl methyl sites for hydroxylation is 1. The van der Waals surface area contributed by atoms with Crippen LogP contribution in [0.5, 0.6) is 0 Å². The number of allylic oxidation sites excluding steroid dienone is 1. The van der Waals surface area contributed by atoms with Gasteiger partial charge < -0.3 is 0 Å². The van der Waals surface area contributed by atoms with E-state index in [1.54, 1.807) is 12.4 Å². The molecule has 38 heavy (non-hydrogen) atoms. The zero-order valence-corrected chi connectivity index (χ0v) is 21.9. The second kappa shape index (κ2) is 12.0. The summed E-state index contributed by atoms with van der Waals surface area (Å²) in [5.41, 5.74) is 5.08. The molecule has 1 aromatic carbocycles. The van der Waals surface area contributed by atoms with Crippen LogP contribution in [0, 0.1) is 23.2 Å². The van der Waals surface area contributed by atoms with Gasteiger partial charge >= 0.3 is 0 Å². The summed E-state index contributed by atoms with van der Waals surface area (Å²) in [5, 5.41) is 9.56. The molecule has 3 heterocycles. The number of hydrogen-bond donors (Lipinski definition) is 0. The van der Waals surface area contributed by atoms with Crippen LogP contribution in [0.25, 0.3) is 0 Å². The Balaban J connectivity index is 1.25. The topological polar surface area (TPSA) is 91.9 Å². The molecule has 2 aliphatic rings. The zero-order chi connectivity index (χ0) is 26.3. The molecule has 5 rings (SSSR count). The van der Waals surface area contributed by atoms with E-state index in [4.69, 9.17) is 4.98 Å². The predicted molar refractivity (Wildman–Crippen MR) is 148 cm³/mol. The van der Waals surface area contributed by atoms with Crippen molar-refractivity contribution in [2.45, 2.75) is 57.8 Å². The van der Waals surface area contributed by atoms with Crippen molar-refractivity contribution >= 4 is 11.5 Å². The largest absolute Gasteiger partial charge is 0.299 e. The molecule has 1 aliphatic heterocycles. The number of aromatic nitrogens is 3. The monoisotopic (exact) mass is 503 g/mol. The van der Waals surface area contributed by atoms with Gasteiger partial charge in [0.2, 0.25) is 0 Å². The third-order valence-electron chi connectivity index (χ3n) is 7.89. The van der Waals surface area contributed by atoms with Gasteiger partial charge in [-0.05, 0) is 74.1 Å². The van der Waals surface area contributed by atoms with Crippen LogP contribution in [-0.4, -0.2) is 33.0 Å². The fraction of sp³-hybridized carbons (Fsp3) is 0.375. The van der Waals surface area contributed by atoms with E-state index in [9.17, 15) is 10.1 Å². The third kappa shape index (κ3) is 5.94. The molecular weight excluding hydrogens is 470 g/mol. The average Bonchev–Trinajstić information content (AvgIpc) is 3.39. The molecule has 192 valence electrons. The molecule has 6 nitrogen and oxygen atoms in total. The fourth-order valence-corrected chi connectivity index (χ4v) is 5.82. The molecule has 0 saturated heterocycles. The molecule has 1 unspecified atom stereocenters. The number of carbonyl (C=O) groups excluding carboxylic acids is 1. The minimum Gasteiger partial charge on any atom is -0.299 e. The zero-order valence-electron chi connectivity index (χ0n) is 21.9. The summed E-state index contributed by atoms with van der Waals surface area (Å²) >= 11 is 0. The first-order valence-corrected chi connectivity index (χ1v) is 13.6. The van der Waals surface area contributed by atoms with Crippen molar-refractivity contribution in [1.82, 2.24) is 15.0 Å². The molecule has 1 aliphatic carbocycles. The van der Waals surface area contributed by atoms with Crippen LogP contribution in [0.15, 0.2) is 77.6 Å². The van der Waals surface area contributed by atoms with E-state index in [1.165, 1.54) is 5.56 Å². The van der Waals surface area contributed by atoms with E-state index in [1.807, 2.05) is 43.3 Å². The van der Waals surface area contributed by atoms with Gasteiger partial charge in [-0.25, -0.2) is 9.97 Å². The maximum absolute atomic E-state index is 13.5. The maximum atomic E-state index is 13.5. The van der Waals surface area contributed by atoms with Gasteiger partial charge in [0.1, 0.15) is 23.4 Å². The molecular formula is C32H33N5O. The maximum Gasteiger partial charge on any atom is 0.142 e. The van der Waals surface area contributed by atoms with Crippen LogP contribution in [0.4, 0.5) is 0 Å². The van der Waals surface area contributed by atoms with Gasteiger partial charge in [-0.1, -0.05) is 42.5 Å². The van der Waals surface area contributed by atoms with Crippen molar-refractivity contribution in [3.8, 4) is 6.07 Å². The smallest absolute Gasteiger partial charge is 0.142 e. The second-order valence-corrected chi connectivity index (χ2v) is 10.4. The van der Waals surface area contributed by atoms with Gasteiger partial charge in [-0.15, -0.1) is 0 Å². The number of nitrogens with zero attached hydrogens (tertiary/aromatic N) is 5. The van der Waals surface area contributed by atoms with Crippen LogP contribution >= 0.6 is 0 Å². The lowest BCUT2D eigenvalue weighted by atomic mass is 9.72. The fourth-order valence-electron chi connectivity index (χ4n) is 5.82. The molecule has 6 heteroatoms. The summed E-state index contributed by atoms with van der Waals surface area (Å²) in [6, 6.07) is 18.3. The molecule has 0 amide bonds. The predicted octanol–water partition coefficient (Wildman–Crippen LogP) is 5.83. The molecule has 1 saturated carbocycles. The average molecular weight is 504 g/mol. The van der Waals surface area contributed by atoms with Crippen molar-refractivity contribution in [3.63, 3.8) is 0 Å². The number of pyridine rings is 1. The quantitative estimate of drug-likeness (QED) is 0.366. The van der Waals surface area contributed by atoms with E-state index in [-0.39, 0.29) is 11.7 Å². The van der Waals surface area contributed by atoms with Crippen molar-refractivity contribution < 1.29 is 4.79 Å². The number of hydrogen-bond acceptors (Lipinski definition) is 6. The van der Waals surface area contributed by atoms with Crippen LogP contribution in [-0.2, 0) is 17.6 Å². The Kier molecular flexibility index (Phi) is 8.13. The normalized spacial score (nSPS) is 19.8. The van der Waals surface area contributed by atoms with Gasteiger partial charge in [0.05, 0.1) is 29.4 Å². The Bertz CT molecular complexity index is 1370. The van der Waals surface area contributed by atoms with Gasteiger partial charge in [-0.3, -0.25) is 14.8 Å². The highest BCUT2D eigenvalue weighted by Gasteiger charge is 2.34. The number of aliphatic imine (C=N–C) groups is 1. The van der Waals surface area contributed by atoms with E-state index < -0.39 is 0 Å². The first-order valence-electron chi connectivity index (χ1n) is 13.6. The molecule has 2 aromatic heterocycles. The number of rotatable bonds is 9. The Morgan fingerprint density at radius 2 is 1.84 bits per heavy atom. The minimum atomic E-state index is -0.159. The van der Waals surface area contributed by atoms with Crippen molar-refractivity contribution in [2.24, 2.45) is 16.8 Å². The SMILES string of the molecule is CC1=CCN=C1c1nc(CC2CCC(C(C(=O)CCc3ccccc3)c3ccccn3)CC2)ncc1C#N. The summed E-state index contributed by atoms with van der Waals surface area (Å²) < 4.78 is 0. The summed E-state index contributed by atoms with van der Waals surface area (Å²) in [5.74, 6) is 1.65. The molecule has 0 N–H and O–H groups in total. The van der Waals surface area contributed by atoms with Gasteiger partial charge in [0.15, 0.2) is 0 Å². The van der Waals surface area contributed by atoms with E-state index >= 15 is 0 Å². The van der Waals surface area contributed by atoms with Gasteiger partial charge in [-0.2, -0.15) is 5.26 Å². The highest BCUT2D eigenvalue weighted by Crippen LogP contribution is 2.39. The third-order valence-corrected chi connectivity index (χ3v) is 7.89. The van der Waals surface area contributed by atoms with Crippen molar-refractivity contribution in [2.75, 3.05) is 6.54 Å². The van der Waals surface area contributed by atoms with E-state index in [0.29, 0.717) is 36.1 Å². The van der Waals surface area contributed by atoms with Crippen LogP contribution in [0.1, 0.15) is 73.3 Å². The number of Topliss-reactive ketones (excluding diaryl/α,β-unsaturated/α-hetero) is 1. The Hall–Kier alpha value is -3.98. The van der Waals surface area contributed by atoms with E-state index in [2.05, 4.69) is 39.2 Å². The Morgan fingerprint density at radius 3 is 2.53 bits per heavy atom. The number of carbonyl (C=O) groups is 1. The van der Waals surface area contributed by atoms with Crippen LogP contribution in [0.2, 0.25) is 0 Å².